The molecule has 0 bridgehead atoms. The minimum atomic E-state index is -0.373. The molecule has 5 rings (SSSR count). The van der Waals surface area contributed by atoms with E-state index >= 15 is 0 Å². The fourth-order valence-electron chi connectivity index (χ4n) is 3.58. The zero-order valence-corrected chi connectivity index (χ0v) is 18.5. The van der Waals surface area contributed by atoms with Crippen molar-refractivity contribution < 1.29 is 27.8 Å². The van der Waals surface area contributed by atoms with Crippen LogP contribution < -0.4 is 19.5 Å². The molecule has 3 aromatic carbocycles. The van der Waals surface area contributed by atoms with Crippen LogP contribution in [0.5, 0.6) is 17.4 Å². The Kier molecular flexibility index (Phi) is 6.30. The Bertz CT molecular complexity index is 1340. The third kappa shape index (κ3) is 5.40. The summed E-state index contributed by atoms with van der Waals surface area (Å²) in [5, 5.41) is 7.28. The molecule has 0 unspecified atom stereocenters. The molecule has 1 amide bonds. The van der Waals surface area contributed by atoms with Crippen LogP contribution in [0.2, 0.25) is 0 Å². The van der Waals surface area contributed by atoms with E-state index in [1.165, 1.54) is 24.3 Å². The van der Waals surface area contributed by atoms with Gasteiger partial charge in [-0.25, -0.2) is 8.78 Å². The van der Waals surface area contributed by atoms with Gasteiger partial charge in [-0.05, 0) is 53.1 Å². The van der Waals surface area contributed by atoms with Gasteiger partial charge in [0.25, 0.3) is 5.91 Å². The number of fused-ring (bicyclic) bond motifs is 1. The second-order valence-corrected chi connectivity index (χ2v) is 7.96. The molecule has 0 radical (unpaired) electrons. The normalized spacial score (nSPS) is 11.9. The van der Waals surface area contributed by atoms with Crippen LogP contribution in [0.15, 0.2) is 72.9 Å². The number of halogens is 2. The molecule has 2 heterocycles. The number of amides is 1. The monoisotopic (exact) mass is 477 g/mol. The maximum absolute atomic E-state index is 13.3. The van der Waals surface area contributed by atoms with Crippen LogP contribution in [0.4, 0.5) is 8.78 Å². The summed E-state index contributed by atoms with van der Waals surface area (Å²) in [4.78, 5) is 13.0. The third-order valence-corrected chi connectivity index (χ3v) is 5.41. The van der Waals surface area contributed by atoms with E-state index in [9.17, 15) is 13.6 Å². The Morgan fingerprint density at radius 2 is 1.57 bits per heavy atom. The van der Waals surface area contributed by atoms with E-state index in [0.29, 0.717) is 18.0 Å². The molecule has 0 saturated carbocycles. The maximum atomic E-state index is 13.3. The van der Waals surface area contributed by atoms with Crippen molar-refractivity contribution in [1.82, 2.24) is 15.1 Å². The number of hydrogen-bond donors (Lipinski definition) is 1. The average molecular weight is 477 g/mol. The number of nitrogens with zero attached hydrogens (tertiary/aromatic N) is 2. The lowest BCUT2D eigenvalue weighted by atomic mass is 10.2. The summed E-state index contributed by atoms with van der Waals surface area (Å²) in [6.07, 6.45) is 1.58. The molecule has 1 aromatic heterocycles. The number of aromatic nitrogens is 2. The molecule has 0 atom stereocenters. The largest absolute Gasteiger partial charge is 0.471 e. The minimum Gasteiger partial charge on any atom is -0.471 e. The van der Waals surface area contributed by atoms with Crippen molar-refractivity contribution in [2.24, 2.45) is 0 Å². The highest BCUT2D eigenvalue weighted by Crippen LogP contribution is 2.32. The van der Waals surface area contributed by atoms with Crippen LogP contribution in [0.3, 0.4) is 0 Å². The fourth-order valence-corrected chi connectivity index (χ4v) is 3.58. The van der Waals surface area contributed by atoms with Crippen molar-refractivity contribution in [3.05, 3.63) is 107 Å². The van der Waals surface area contributed by atoms with Gasteiger partial charge >= 0.3 is 0 Å². The van der Waals surface area contributed by atoms with E-state index in [1.54, 1.807) is 41.2 Å². The number of nitrogens with one attached hydrogen (secondary N) is 1. The quantitative estimate of drug-likeness (QED) is 0.406. The molecule has 0 fully saturated rings. The van der Waals surface area contributed by atoms with Crippen molar-refractivity contribution in [3.63, 3.8) is 0 Å². The molecule has 0 aliphatic carbocycles. The highest BCUT2D eigenvalue weighted by molar-refractivity contribution is 5.96. The second kappa shape index (κ2) is 9.84. The van der Waals surface area contributed by atoms with Crippen LogP contribution in [0, 0.1) is 11.6 Å². The van der Waals surface area contributed by atoms with Crippen molar-refractivity contribution in [1.29, 1.82) is 0 Å². The summed E-state index contributed by atoms with van der Waals surface area (Å²) in [5.74, 6) is 0.384. The molecular weight excluding hydrogens is 456 g/mol. The van der Waals surface area contributed by atoms with Gasteiger partial charge in [0.05, 0.1) is 6.54 Å². The molecule has 4 aromatic rings. The number of carbonyl (C=O) groups is 1. The van der Waals surface area contributed by atoms with Gasteiger partial charge in [-0.2, -0.15) is 0 Å². The Balaban J connectivity index is 1.32. The van der Waals surface area contributed by atoms with Gasteiger partial charge in [-0.3, -0.25) is 9.48 Å². The number of carbonyl (C=O) groups excluding carboxylic acids is 1. The van der Waals surface area contributed by atoms with Crippen LogP contribution in [-0.4, -0.2) is 22.5 Å². The fraction of sp³-hybridized carbons (Fsp3) is 0.154. The average Bonchev–Trinajstić information content (AvgIpc) is 3.50. The lowest BCUT2D eigenvalue weighted by Crippen LogP contribution is -2.23. The van der Waals surface area contributed by atoms with E-state index in [2.05, 4.69) is 10.4 Å². The lowest BCUT2D eigenvalue weighted by molar-refractivity contribution is 0.0946. The predicted octanol–water partition coefficient (Wildman–Crippen LogP) is 4.45. The van der Waals surface area contributed by atoms with Gasteiger partial charge in [-0.1, -0.05) is 30.3 Å². The van der Waals surface area contributed by atoms with Gasteiger partial charge in [0.1, 0.15) is 23.8 Å². The lowest BCUT2D eigenvalue weighted by Gasteiger charge is -2.08. The number of rotatable bonds is 8. The van der Waals surface area contributed by atoms with E-state index in [0.717, 1.165) is 16.7 Å². The van der Waals surface area contributed by atoms with Crippen molar-refractivity contribution >= 4 is 5.91 Å². The zero-order chi connectivity index (χ0) is 24.2. The Labute approximate surface area is 199 Å². The smallest absolute Gasteiger partial charge is 0.258 e. The number of benzene rings is 3. The zero-order valence-electron chi connectivity index (χ0n) is 18.5. The van der Waals surface area contributed by atoms with Crippen molar-refractivity contribution in [2.75, 3.05) is 6.79 Å². The molecule has 9 heteroatoms. The molecule has 1 aliphatic rings. The molecule has 1 aliphatic heterocycles. The maximum Gasteiger partial charge on any atom is 0.258 e. The summed E-state index contributed by atoms with van der Waals surface area (Å²) < 4.78 is 44.5. The van der Waals surface area contributed by atoms with Crippen LogP contribution in [0.25, 0.3) is 0 Å². The highest BCUT2D eigenvalue weighted by Gasteiger charge is 2.19. The van der Waals surface area contributed by atoms with Gasteiger partial charge in [0.2, 0.25) is 12.7 Å². The summed E-state index contributed by atoms with van der Waals surface area (Å²) >= 11 is 0. The first kappa shape index (κ1) is 22.4. The first-order valence-electron chi connectivity index (χ1n) is 10.9. The predicted molar refractivity (Wildman–Crippen MR) is 122 cm³/mol. The van der Waals surface area contributed by atoms with Crippen molar-refractivity contribution in [3.8, 4) is 17.4 Å². The van der Waals surface area contributed by atoms with Crippen molar-refractivity contribution in [2.45, 2.75) is 19.7 Å². The molecule has 0 spiro atoms. The van der Waals surface area contributed by atoms with Gasteiger partial charge in [0, 0.05) is 12.7 Å². The molecule has 178 valence electrons. The van der Waals surface area contributed by atoms with E-state index in [1.807, 2.05) is 12.1 Å². The third-order valence-electron chi connectivity index (χ3n) is 5.41. The van der Waals surface area contributed by atoms with E-state index < -0.39 is 0 Å². The number of hydrogen-bond acceptors (Lipinski definition) is 5. The summed E-state index contributed by atoms with van der Waals surface area (Å²) in [5.41, 5.74) is 2.63. The van der Waals surface area contributed by atoms with E-state index in [-0.39, 0.29) is 48.9 Å². The Morgan fingerprint density at radius 3 is 2.31 bits per heavy atom. The summed E-state index contributed by atoms with van der Waals surface area (Å²) in [7, 11) is 0. The molecule has 0 saturated heterocycles. The standard InChI is InChI=1S/C26H21F2N3O4/c27-20-6-1-17(2-7-20)13-31-14-22(26(30-31)33-15-18-3-8-21(28)9-4-18)25(32)29-12-19-5-10-23-24(11-19)35-16-34-23/h1-11,14H,12-13,15-16H2,(H,29,32). The Morgan fingerprint density at radius 1 is 0.914 bits per heavy atom. The first-order valence-corrected chi connectivity index (χ1v) is 10.9. The molecule has 1 N–H and O–H groups in total. The Hall–Kier alpha value is -4.40. The first-order chi connectivity index (χ1) is 17.0. The SMILES string of the molecule is O=C(NCc1ccc2c(c1)OCO2)c1cn(Cc2ccc(F)cc2)nc1OCc1ccc(F)cc1. The molecule has 35 heavy (non-hydrogen) atoms. The minimum absolute atomic E-state index is 0.107. The highest BCUT2D eigenvalue weighted by atomic mass is 19.1. The second-order valence-electron chi connectivity index (χ2n) is 7.96. The van der Waals surface area contributed by atoms with Gasteiger partial charge in [-0.15, -0.1) is 5.10 Å². The summed E-state index contributed by atoms with van der Waals surface area (Å²) in [6, 6.07) is 17.4. The summed E-state index contributed by atoms with van der Waals surface area (Å²) in [6.45, 7) is 0.863. The van der Waals surface area contributed by atoms with Gasteiger partial charge in [0.15, 0.2) is 11.5 Å². The van der Waals surface area contributed by atoms with Crippen LogP contribution in [-0.2, 0) is 19.7 Å². The van der Waals surface area contributed by atoms with Gasteiger partial charge < -0.3 is 19.5 Å². The molecule has 7 nitrogen and oxygen atoms in total. The topological polar surface area (TPSA) is 74.6 Å². The van der Waals surface area contributed by atoms with E-state index in [4.69, 9.17) is 14.2 Å². The van der Waals surface area contributed by atoms with Crippen LogP contribution in [0.1, 0.15) is 27.0 Å². The number of ether oxygens (including phenoxy) is 3. The van der Waals surface area contributed by atoms with Crippen LogP contribution >= 0.6 is 0 Å². The molecular formula is C26H21F2N3O4.